The van der Waals surface area contributed by atoms with Crippen LogP contribution in [0.15, 0.2) is 24.3 Å². The van der Waals surface area contributed by atoms with Gasteiger partial charge >= 0.3 is 0 Å². The highest BCUT2D eigenvalue weighted by atomic mass is 79.9. The third-order valence-corrected chi connectivity index (χ3v) is 20.2. The van der Waals surface area contributed by atoms with Crippen LogP contribution in [0.2, 0.25) is 0 Å². The van der Waals surface area contributed by atoms with E-state index in [1.807, 2.05) is 27.7 Å². The number of carbonyl (C=O) groups excluding carboxylic acids is 3. The number of aliphatic hydroxyl groups excluding tert-OH is 5. The van der Waals surface area contributed by atoms with Crippen LogP contribution in [-0.4, -0.2) is 136 Å². The van der Waals surface area contributed by atoms with Crippen LogP contribution in [0.5, 0.6) is 0 Å². The molecular weight excluding hydrogens is 993 g/mol. The van der Waals surface area contributed by atoms with Gasteiger partial charge in [0.2, 0.25) is 11.6 Å². The van der Waals surface area contributed by atoms with E-state index in [1.54, 1.807) is 18.3 Å². The molecule has 19 heteroatoms. The molecule has 0 aromatic carbocycles. The molecule has 11 N–H and O–H groups in total. The number of thiazole rings is 1. The minimum Gasteiger partial charge on any atom is -0.397 e. The Morgan fingerprint density at radius 1 is 0.812 bits per heavy atom. The standard InChI is InChI=1S/C24H32N2O5S.C20H25BrO6.C4H10N2S.C2H6O/c1-10(2)25-20-26-16-13(32-20)8-21(4,5)15-19(29)24(30)23-14(22(15,16)9-31-24)7-6-12(18(23)28)11(3)17(23)27;1-8-9-4-5-11-18-7-27-20(26,19(11,13(8)22)14(9)23)16(25)12(18)17(2,3)6-10(21)15(18)24;1-3(2)6-4(5)7;1-2-3/h10,12,14-15,18-19,28-30H,3,6-9H2,1-2,4-5H3,(H,25,26);9-12,14,16,23,25-26H,1,4-7H2,2-3H3;3H,1-2H3,(H3,5,6,7);3H,2H2,1H3/t12-,14-,15+,18+,19-,22-,23-,24-;9-,10?,11-,12+,14+,16-,18-,19-,20-;;/m00../s1. The van der Waals surface area contributed by atoms with E-state index in [2.05, 4.69) is 79.6 Å². The molecule has 0 amide bonds. The largest absolute Gasteiger partial charge is 0.397 e. The minimum atomic E-state index is -2.21. The first-order chi connectivity index (χ1) is 31.9. The van der Waals surface area contributed by atoms with Crippen molar-refractivity contribution in [2.24, 2.45) is 68.3 Å². The molecule has 12 aliphatic rings. The summed E-state index contributed by atoms with van der Waals surface area (Å²) in [7, 11) is 0. The number of anilines is 1. The first-order valence-corrected chi connectivity index (χ1v) is 26.6. The van der Waals surface area contributed by atoms with Crippen molar-refractivity contribution >= 4 is 67.1 Å². The zero-order valence-electron chi connectivity index (χ0n) is 41.2. The number of alkyl halides is 1. The zero-order valence-corrected chi connectivity index (χ0v) is 44.4. The lowest BCUT2D eigenvalue weighted by molar-refractivity contribution is -0.437. The van der Waals surface area contributed by atoms with Gasteiger partial charge in [0.1, 0.15) is 23.0 Å². The molecule has 0 radical (unpaired) electrons. The SMILES string of the molecule is C=C1C(=O)[C@]23[C@H](O)[C@H]1CC[C@H]2[C@@]12CO[C@@]3(O)[C@@H](O)[C@@H]1C(C)(C)CC(Br)C2=O.C=C1C(=O)[C@]23[C@H](O)[C@H]1CC[C@H]2[C@@]12CO[C@@]3(O)[C@@H](O)[C@@H]1C(C)(C)Cc1sc(NC(C)C)nc12.CC(C)NC(N)=S.CCO. The molecule has 11 fully saturated rings. The van der Waals surface area contributed by atoms with Crippen LogP contribution in [0.1, 0.15) is 105 Å². The summed E-state index contributed by atoms with van der Waals surface area (Å²) in [6.45, 7) is 26.2. The monoisotopic (exact) mass is 1060 g/mol. The van der Waals surface area contributed by atoms with Gasteiger partial charge in [-0.25, -0.2) is 4.98 Å². The zero-order chi connectivity index (χ0) is 51.3. The number of carbonyl (C=O) groups is 3. The predicted octanol–water partition coefficient (Wildman–Crippen LogP) is 3.19. The van der Waals surface area contributed by atoms with Crippen LogP contribution >= 0.6 is 39.5 Å². The highest BCUT2D eigenvalue weighted by Crippen LogP contribution is 2.78. The summed E-state index contributed by atoms with van der Waals surface area (Å²) in [6, 6.07) is 0.578. The molecule has 13 rings (SSSR count). The normalized spacial score (nSPS) is 46.2. The number of ketones is 3. The van der Waals surface area contributed by atoms with Gasteiger partial charge in [0.25, 0.3) is 0 Å². The molecular formula is C50H73BrN4O12S2. The molecule has 4 aliphatic heterocycles. The Bertz CT molecular complexity index is 2340. The summed E-state index contributed by atoms with van der Waals surface area (Å²) in [5, 5.41) is 84.2. The van der Waals surface area contributed by atoms with E-state index in [0.29, 0.717) is 48.8 Å². The third-order valence-electron chi connectivity index (χ3n) is 18.3. The van der Waals surface area contributed by atoms with Gasteiger partial charge in [-0.05, 0) is 119 Å². The van der Waals surface area contributed by atoms with Crippen LogP contribution in [0, 0.1) is 62.6 Å². The topological polar surface area (TPSA) is 274 Å². The maximum atomic E-state index is 13.7. The number of Topliss-reactive ketones (excluding diaryl/α,β-unsaturated/α-hetero) is 3. The van der Waals surface area contributed by atoms with E-state index in [4.69, 9.17) is 25.3 Å². The Kier molecular flexibility index (Phi) is 13.2. The number of hydrogen-bond acceptors (Lipinski definition) is 16. The number of thiocarbonyl (C=S) groups is 1. The number of aliphatic hydroxyl groups is 7. The molecule has 5 heterocycles. The van der Waals surface area contributed by atoms with E-state index in [1.165, 1.54) is 0 Å². The first kappa shape index (κ1) is 53.0. The lowest BCUT2D eigenvalue weighted by Crippen LogP contribution is -2.85. The molecule has 4 spiro atoms. The number of ether oxygens (including phenoxy) is 2. The fourth-order valence-corrected chi connectivity index (χ4v) is 19.3. The van der Waals surface area contributed by atoms with Gasteiger partial charge in [0, 0.05) is 52.7 Å². The number of aromatic nitrogens is 1. The Labute approximate surface area is 422 Å². The summed E-state index contributed by atoms with van der Waals surface area (Å²) in [5.74, 6) is -7.98. The van der Waals surface area contributed by atoms with Crippen LogP contribution in [0.3, 0.4) is 0 Å². The smallest absolute Gasteiger partial charge is 0.208 e. The summed E-state index contributed by atoms with van der Waals surface area (Å²) in [6.07, 6.45) is -1.49. The number of rotatable bonds is 3. The maximum Gasteiger partial charge on any atom is 0.208 e. The molecule has 16 nitrogen and oxygen atoms in total. The van der Waals surface area contributed by atoms with E-state index in [0.717, 1.165) is 22.1 Å². The number of hydrogen-bond donors (Lipinski definition) is 10. The van der Waals surface area contributed by atoms with Crippen molar-refractivity contribution in [3.8, 4) is 0 Å². The van der Waals surface area contributed by atoms with Crippen molar-refractivity contribution in [2.45, 2.75) is 159 Å². The lowest BCUT2D eigenvalue weighted by atomic mass is 9.36. The predicted molar refractivity (Wildman–Crippen MR) is 265 cm³/mol. The fraction of sp³-hybridized carbons (Fsp3) is 0.780. The quantitative estimate of drug-likeness (QED) is 0.118. The Balaban J connectivity index is 0.000000158. The second-order valence-electron chi connectivity index (χ2n) is 23.5. The van der Waals surface area contributed by atoms with Crippen molar-refractivity contribution in [3.63, 3.8) is 0 Å². The van der Waals surface area contributed by atoms with Crippen LogP contribution in [0.25, 0.3) is 0 Å². The Morgan fingerprint density at radius 3 is 1.70 bits per heavy atom. The lowest BCUT2D eigenvalue weighted by Gasteiger charge is -2.73. The number of nitrogens with one attached hydrogen (secondary N) is 2. The van der Waals surface area contributed by atoms with Crippen molar-refractivity contribution in [2.75, 3.05) is 25.1 Å². The average molecular weight is 1070 g/mol. The van der Waals surface area contributed by atoms with Crippen molar-refractivity contribution in [1.82, 2.24) is 10.3 Å². The molecule has 8 bridgehead atoms. The molecule has 17 atom stereocenters. The molecule has 8 aliphatic carbocycles. The molecule has 4 saturated heterocycles. The van der Waals surface area contributed by atoms with E-state index < -0.39 is 97.3 Å². The second-order valence-corrected chi connectivity index (χ2v) is 26.1. The van der Waals surface area contributed by atoms with Crippen LogP contribution < -0.4 is 16.4 Å². The molecule has 69 heavy (non-hydrogen) atoms. The van der Waals surface area contributed by atoms with Gasteiger partial charge < -0.3 is 61.6 Å². The van der Waals surface area contributed by atoms with Gasteiger partial charge in [-0.2, -0.15) is 0 Å². The van der Waals surface area contributed by atoms with E-state index in [-0.39, 0.29) is 60.3 Å². The number of nitrogens with two attached hydrogens (primary N) is 1. The van der Waals surface area contributed by atoms with E-state index in [9.17, 15) is 45.0 Å². The molecule has 384 valence electrons. The highest BCUT2D eigenvalue weighted by Gasteiger charge is 2.89. The van der Waals surface area contributed by atoms with Crippen molar-refractivity contribution in [1.29, 1.82) is 0 Å². The van der Waals surface area contributed by atoms with Gasteiger partial charge in [-0.15, -0.1) is 11.3 Å². The first-order valence-electron chi connectivity index (χ1n) is 24.5. The average Bonchev–Trinajstić information content (AvgIpc) is 3.70. The van der Waals surface area contributed by atoms with Crippen molar-refractivity contribution in [3.05, 3.63) is 34.9 Å². The molecule has 1 aromatic heterocycles. The fourth-order valence-electron chi connectivity index (χ4n) is 16.4. The molecule has 1 aromatic rings. The summed E-state index contributed by atoms with van der Waals surface area (Å²) in [4.78, 5) is 46.4. The van der Waals surface area contributed by atoms with Gasteiger partial charge in [-0.3, -0.25) is 14.4 Å². The van der Waals surface area contributed by atoms with Crippen LogP contribution in [0.4, 0.5) is 5.13 Å². The number of halogens is 1. The summed E-state index contributed by atoms with van der Waals surface area (Å²) < 4.78 is 11.9. The number of fused-ring (bicyclic) bond motifs is 5. The summed E-state index contributed by atoms with van der Waals surface area (Å²) >= 11 is 9.68. The third kappa shape index (κ3) is 6.56. The maximum absolute atomic E-state index is 13.7. The molecule has 1 unspecified atom stereocenters. The second kappa shape index (κ2) is 17.1. The van der Waals surface area contributed by atoms with Crippen molar-refractivity contribution < 1.29 is 59.6 Å². The van der Waals surface area contributed by atoms with Gasteiger partial charge in [0.05, 0.1) is 41.4 Å². The minimum absolute atomic E-state index is 0.0425. The highest BCUT2D eigenvalue weighted by molar-refractivity contribution is 9.10. The number of nitrogens with zero attached hydrogens (tertiary/aromatic N) is 1. The van der Waals surface area contributed by atoms with Gasteiger partial charge in [0.15, 0.2) is 27.6 Å². The Morgan fingerprint density at radius 2 is 1.26 bits per heavy atom. The summed E-state index contributed by atoms with van der Waals surface area (Å²) in [5.41, 5.74) is 0.576. The van der Waals surface area contributed by atoms with Gasteiger partial charge in [-0.1, -0.05) is 56.8 Å². The van der Waals surface area contributed by atoms with Crippen LogP contribution in [-0.2, 0) is 35.7 Å². The van der Waals surface area contributed by atoms with E-state index >= 15 is 0 Å². The molecule has 7 saturated carbocycles. The Hall–Kier alpha value is -2.27.